The fraction of sp³-hybridized carbons (Fsp3) is 0.263. The van der Waals surface area contributed by atoms with Crippen LogP contribution in [0.15, 0.2) is 106 Å². The quantitative estimate of drug-likeness (QED) is 0.130. The molecule has 227 valence electrons. The third-order valence-corrected chi connectivity index (χ3v) is 64.7. The van der Waals surface area contributed by atoms with Crippen molar-refractivity contribution in [3.05, 3.63) is 118 Å². The molecule has 0 radical (unpaired) electrons. The molecule has 0 spiro atoms. The molecule has 0 saturated heterocycles. The minimum absolute atomic E-state index is 0.0995. The molecule has 6 rings (SSSR count). The van der Waals surface area contributed by atoms with E-state index in [0.29, 0.717) is 0 Å². The number of rotatable bonds is 7. The van der Waals surface area contributed by atoms with Crippen molar-refractivity contribution in [2.45, 2.75) is 44.0 Å². The molecule has 0 amide bonds. The summed E-state index contributed by atoms with van der Waals surface area (Å²) in [5.74, 6) is -1.59. The van der Waals surface area contributed by atoms with E-state index >= 15 is 0 Å². The number of hydrogen-bond donors (Lipinski definition) is 0. The van der Waals surface area contributed by atoms with Crippen molar-refractivity contribution in [3.63, 3.8) is 0 Å². The standard InChI is InChI=1S/2C18H18S.C2H7Si.2ClH.Zr/c2*1-13-11-14-7-6-9-15(17(14)12-13)16-8-4-5-10-18(16)19(2)3;1-3-2;;;/h2*4-12H,1-3H3;3H,1-2H3;2*1H;/q2*+1;;;;+2/p-2. The topological polar surface area (TPSA) is 0 Å². The average molecular weight is 754 g/mol. The Bertz CT molecular complexity index is 1710. The molecule has 0 aromatic heterocycles. The van der Waals surface area contributed by atoms with E-state index in [1.165, 1.54) is 65.4 Å². The molecule has 2 unspecified atom stereocenters. The molecule has 0 bridgehead atoms. The molecule has 4 aromatic carbocycles. The second-order valence-corrected chi connectivity index (χ2v) is 59.9. The van der Waals surface area contributed by atoms with Crippen LogP contribution in [0.1, 0.15) is 43.4 Å². The molecule has 44 heavy (non-hydrogen) atoms. The van der Waals surface area contributed by atoms with Gasteiger partial charge in [-0.25, -0.2) is 0 Å². The van der Waals surface area contributed by atoms with Gasteiger partial charge in [0, 0.05) is 0 Å². The number of halogens is 2. The zero-order chi connectivity index (χ0) is 31.6. The molecule has 0 saturated carbocycles. The van der Waals surface area contributed by atoms with Crippen LogP contribution in [0.5, 0.6) is 0 Å². The van der Waals surface area contributed by atoms with Gasteiger partial charge in [-0.15, -0.1) is 0 Å². The van der Waals surface area contributed by atoms with E-state index in [0.717, 1.165) is 0 Å². The summed E-state index contributed by atoms with van der Waals surface area (Å²) in [4.78, 5) is 2.82. The van der Waals surface area contributed by atoms with E-state index in [1.54, 1.807) is 0 Å². The Labute approximate surface area is 279 Å². The Kier molecular flexibility index (Phi) is 8.97. The van der Waals surface area contributed by atoms with Crippen LogP contribution in [0.3, 0.4) is 0 Å². The van der Waals surface area contributed by atoms with Crippen LogP contribution in [0.4, 0.5) is 0 Å². The summed E-state index contributed by atoms with van der Waals surface area (Å²) in [7, 11) is 17.3. The summed E-state index contributed by atoms with van der Waals surface area (Å²) in [5.41, 5.74) is 13.3. The minimum atomic E-state index is -4.73. The van der Waals surface area contributed by atoms with Crippen molar-refractivity contribution in [2.24, 2.45) is 0 Å². The van der Waals surface area contributed by atoms with Gasteiger partial charge in [-0.05, 0) is 0 Å². The summed E-state index contributed by atoms with van der Waals surface area (Å²) in [6, 6.07) is 31.6. The third-order valence-electron chi connectivity index (χ3n) is 10.00. The Morgan fingerprint density at radius 2 is 0.909 bits per heavy atom. The van der Waals surface area contributed by atoms with Crippen molar-refractivity contribution >= 4 is 56.9 Å². The van der Waals surface area contributed by atoms with E-state index in [2.05, 4.69) is 149 Å². The monoisotopic (exact) mass is 751 g/mol. The summed E-state index contributed by atoms with van der Waals surface area (Å²) in [5, 5.41) is 0. The first-order valence-corrected chi connectivity index (χ1v) is 35.8. The van der Waals surface area contributed by atoms with Crippen LogP contribution < -0.4 is 0 Å². The molecule has 4 aromatic rings. The first-order valence-electron chi connectivity index (χ1n) is 15.4. The van der Waals surface area contributed by atoms with Gasteiger partial charge in [0.15, 0.2) is 0 Å². The molecule has 2 aliphatic carbocycles. The first kappa shape index (κ1) is 32.7. The van der Waals surface area contributed by atoms with Gasteiger partial charge in [-0.1, -0.05) is 0 Å². The predicted octanol–water partition coefficient (Wildman–Crippen LogP) is 11.1. The second kappa shape index (κ2) is 12.1. The molecule has 0 N–H and O–H groups in total. The molecule has 0 nitrogen and oxygen atoms in total. The van der Waals surface area contributed by atoms with Crippen LogP contribution in [0.2, 0.25) is 13.1 Å². The number of benzene rings is 4. The Balaban J connectivity index is 1.55. The zero-order valence-corrected chi connectivity index (χ0v) is 33.8. The molecule has 0 aliphatic heterocycles. The maximum absolute atomic E-state index is 8.51. The Hall–Kier alpha value is -1.26. The molecular weight excluding hydrogens is 711 g/mol. The number of fused-ring (bicyclic) bond motifs is 2. The van der Waals surface area contributed by atoms with Crippen LogP contribution >= 0.6 is 17.0 Å². The van der Waals surface area contributed by atoms with E-state index in [1.807, 2.05) is 0 Å². The Morgan fingerprint density at radius 1 is 0.545 bits per heavy atom. The molecular formula is C38H43Cl2S2SiZr+2. The van der Waals surface area contributed by atoms with Gasteiger partial charge in [-0.3, -0.25) is 0 Å². The predicted molar refractivity (Wildman–Crippen MR) is 202 cm³/mol. The first-order chi connectivity index (χ1) is 20.9. The summed E-state index contributed by atoms with van der Waals surface area (Å²) in [6.07, 6.45) is 14.1. The molecule has 2 atom stereocenters. The third kappa shape index (κ3) is 5.06. The number of allylic oxidation sites excluding steroid dienone is 2. The molecule has 2 aliphatic rings. The SMILES string of the molecule is CC1=Cc2c(-c3ccccc3[S+](C)C)cccc2[CH]1[Zr]([Cl])([Cl])([CH]1C(C)=Cc2c(-c3ccccc3[S+](C)C)cccc21)[SiH](C)C. The second-order valence-electron chi connectivity index (χ2n) is 13.3. The van der Waals surface area contributed by atoms with Crippen LogP contribution in [0.25, 0.3) is 34.4 Å². The van der Waals surface area contributed by atoms with Gasteiger partial charge in [0.1, 0.15) is 0 Å². The normalized spacial score (nSPS) is 18.7. The van der Waals surface area contributed by atoms with Crippen LogP contribution in [0, 0.1) is 0 Å². The van der Waals surface area contributed by atoms with Crippen molar-refractivity contribution < 1.29 is 15.6 Å². The van der Waals surface area contributed by atoms with Gasteiger partial charge < -0.3 is 0 Å². The summed E-state index contributed by atoms with van der Waals surface area (Å²) >= 11 is -4.73. The van der Waals surface area contributed by atoms with Gasteiger partial charge in [0.2, 0.25) is 0 Å². The van der Waals surface area contributed by atoms with Crippen molar-refractivity contribution in [1.82, 2.24) is 0 Å². The summed E-state index contributed by atoms with van der Waals surface area (Å²) < 4.78 is 0.199. The fourth-order valence-electron chi connectivity index (χ4n) is 7.96. The van der Waals surface area contributed by atoms with Gasteiger partial charge in [0.25, 0.3) is 0 Å². The Morgan fingerprint density at radius 3 is 1.27 bits per heavy atom. The molecule has 0 fully saturated rings. The molecule has 0 heterocycles. The fourth-order valence-corrected chi connectivity index (χ4v) is 42.8. The van der Waals surface area contributed by atoms with E-state index in [9.17, 15) is 0 Å². The zero-order valence-electron chi connectivity index (χ0n) is 27.0. The van der Waals surface area contributed by atoms with Crippen molar-refractivity contribution in [2.75, 3.05) is 25.0 Å². The van der Waals surface area contributed by atoms with E-state index in [4.69, 9.17) is 17.0 Å². The van der Waals surface area contributed by atoms with E-state index < -0.39 is 21.5 Å². The molecule has 6 heteroatoms. The van der Waals surface area contributed by atoms with E-state index in [-0.39, 0.29) is 29.0 Å². The van der Waals surface area contributed by atoms with Gasteiger partial charge >= 0.3 is 282 Å². The van der Waals surface area contributed by atoms with Gasteiger partial charge in [0.05, 0.1) is 0 Å². The van der Waals surface area contributed by atoms with Crippen LogP contribution in [-0.2, 0) is 37.3 Å². The average Bonchev–Trinajstić information content (AvgIpc) is 3.53. The van der Waals surface area contributed by atoms with Crippen molar-refractivity contribution in [3.8, 4) is 22.3 Å². The van der Waals surface area contributed by atoms with Crippen LogP contribution in [-0.4, -0.2) is 30.9 Å². The summed E-state index contributed by atoms with van der Waals surface area (Å²) in [6.45, 7) is 9.45. The van der Waals surface area contributed by atoms with Crippen molar-refractivity contribution in [1.29, 1.82) is 0 Å². The number of hydrogen-bond acceptors (Lipinski definition) is 0. The van der Waals surface area contributed by atoms with Gasteiger partial charge in [-0.2, -0.15) is 0 Å². The maximum atomic E-state index is 8.51.